The lowest BCUT2D eigenvalue weighted by Crippen LogP contribution is -2.43. The van der Waals surface area contributed by atoms with E-state index in [0.717, 1.165) is 12.0 Å². The Labute approximate surface area is 95.4 Å². The molecule has 1 rings (SSSR count). The fourth-order valence-corrected chi connectivity index (χ4v) is 2.47. The lowest BCUT2D eigenvalue weighted by molar-refractivity contribution is 0.121. The first kappa shape index (κ1) is 13.0. The van der Waals surface area contributed by atoms with Crippen LogP contribution in [0.4, 0.5) is 0 Å². The van der Waals surface area contributed by atoms with Gasteiger partial charge in [-0.3, -0.25) is 0 Å². The van der Waals surface area contributed by atoms with Crippen LogP contribution in [0.5, 0.6) is 0 Å². The Balaban J connectivity index is 2.35. The highest BCUT2D eigenvalue weighted by Crippen LogP contribution is 2.21. The van der Waals surface area contributed by atoms with Gasteiger partial charge in [0.05, 0.1) is 0 Å². The Morgan fingerprint density at radius 1 is 1.40 bits per heavy atom. The zero-order valence-electron chi connectivity index (χ0n) is 10.8. The van der Waals surface area contributed by atoms with Crippen molar-refractivity contribution in [3.05, 3.63) is 0 Å². The number of piperidine rings is 1. The van der Waals surface area contributed by atoms with Crippen molar-refractivity contribution in [3.8, 4) is 0 Å². The van der Waals surface area contributed by atoms with Gasteiger partial charge in [0.1, 0.15) is 0 Å². The molecule has 0 bridgehead atoms. The van der Waals surface area contributed by atoms with Crippen molar-refractivity contribution in [2.75, 3.05) is 26.7 Å². The van der Waals surface area contributed by atoms with E-state index in [1.54, 1.807) is 0 Å². The summed E-state index contributed by atoms with van der Waals surface area (Å²) >= 11 is 0. The monoisotopic (exact) mass is 212 g/mol. The number of hydrogen-bond donors (Lipinski definition) is 1. The van der Waals surface area contributed by atoms with Gasteiger partial charge in [0.15, 0.2) is 0 Å². The third-order valence-corrected chi connectivity index (χ3v) is 3.72. The molecule has 2 heteroatoms. The van der Waals surface area contributed by atoms with Crippen LogP contribution in [0.2, 0.25) is 0 Å². The molecule has 0 radical (unpaired) electrons. The molecule has 0 spiro atoms. The summed E-state index contributed by atoms with van der Waals surface area (Å²) in [5, 5.41) is 3.28. The van der Waals surface area contributed by atoms with Crippen molar-refractivity contribution in [3.63, 3.8) is 0 Å². The minimum Gasteiger partial charge on any atom is -0.320 e. The van der Waals surface area contributed by atoms with E-state index in [-0.39, 0.29) is 0 Å². The Bertz CT molecular complexity index is 159. The molecule has 2 unspecified atom stereocenters. The van der Waals surface area contributed by atoms with Crippen molar-refractivity contribution < 1.29 is 0 Å². The van der Waals surface area contributed by atoms with E-state index in [9.17, 15) is 0 Å². The molecule has 0 saturated carbocycles. The topological polar surface area (TPSA) is 15.3 Å². The van der Waals surface area contributed by atoms with Crippen LogP contribution in [0.3, 0.4) is 0 Å². The first-order valence-corrected chi connectivity index (χ1v) is 6.66. The molecular formula is C13H28N2. The Kier molecular flexibility index (Phi) is 6.26. The van der Waals surface area contributed by atoms with Crippen molar-refractivity contribution in [1.29, 1.82) is 0 Å². The fourth-order valence-electron chi connectivity index (χ4n) is 2.47. The van der Waals surface area contributed by atoms with Gasteiger partial charge in [-0.15, -0.1) is 0 Å². The van der Waals surface area contributed by atoms with Crippen LogP contribution < -0.4 is 5.32 Å². The van der Waals surface area contributed by atoms with Gasteiger partial charge in [-0.1, -0.05) is 26.7 Å². The summed E-state index contributed by atoms with van der Waals surface area (Å²) in [5.41, 5.74) is 0. The number of nitrogens with one attached hydrogen (secondary N) is 1. The van der Waals surface area contributed by atoms with E-state index in [0.29, 0.717) is 0 Å². The molecule has 1 saturated heterocycles. The summed E-state index contributed by atoms with van der Waals surface area (Å²) < 4.78 is 0. The second-order valence-corrected chi connectivity index (χ2v) is 5.05. The summed E-state index contributed by atoms with van der Waals surface area (Å²) in [7, 11) is 2.06. The lowest BCUT2D eigenvalue weighted by atomic mass is 9.97. The standard InChI is InChI=1S/C13H28N2/c1-4-12(2)11-15-10-6-5-7-13(15)8-9-14-3/h12-14H,4-11H2,1-3H3. The average Bonchev–Trinajstić information content (AvgIpc) is 2.28. The molecule has 2 atom stereocenters. The van der Waals surface area contributed by atoms with E-state index < -0.39 is 0 Å². The van der Waals surface area contributed by atoms with Crippen LogP contribution in [0.15, 0.2) is 0 Å². The summed E-state index contributed by atoms with van der Waals surface area (Å²) in [5.74, 6) is 0.861. The molecule has 1 N–H and O–H groups in total. The minimum atomic E-state index is 0.847. The maximum Gasteiger partial charge on any atom is 0.0107 e. The molecule has 90 valence electrons. The molecule has 0 aromatic heterocycles. The molecule has 1 fully saturated rings. The van der Waals surface area contributed by atoms with E-state index in [1.165, 1.54) is 51.7 Å². The third kappa shape index (κ3) is 4.52. The first-order valence-electron chi connectivity index (χ1n) is 6.66. The average molecular weight is 212 g/mol. The van der Waals surface area contributed by atoms with Crippen molar-refractivity contribution in [1.82, 2.24) is 10.2 Å². The molecule has 2 nitrogen and oxygen atoms in total. The number of hydrogen-bond acceptors (Lipinski definition) is 2. The number of rotatable bonds is 6. The molecule has 0 aromatic carbocycles. The summed E-state index contributed by atoms with van der Waals surface area (Å²) in [6.07, 6.45) is 6.90. The minimum absolute atomic E-state index is 0.847. The van der Waals surface area contributed by atoms with Gasteiger partial charge in [-0.25, -0.2) is 0 Å². The van der Waals surface area contributed by atoms with Crippen LogP contribution in [-0.4, -0.2) is 37.6 Å². The highest BCUT2D eigenvalue weighted by atomic mass is 15.2. The zero-order chi connectivity index (χ0) is 11.1. The number of likely N-dealkylation sites (tertiary alicyclic amines) is 1. The zero-order valence-corrected chi connectivity index (χ0v) is 10.8. The van der Waals surface area contributed by atoms with E-state index in [4.69, 9.17) is 0 Å². The van der Waals surface area contributed by atoms with Gasteiger partial charge in [0.2, 0.25) is 0 Å². The quantitative estimate of drug-likeness (QED) is 0.728. The van der Waals surface area contributed by atoms with Gasteiger partial charge in [-0.2, -0.15) is 0 Å². The smallest absolute Gasteiger partial charge is 0.0107 e. The molecule has 1 aliphatic rings. The SMILES string of the molecule is CCC(C)CN1CCCCC1CCNC. The van der Waals surface area contributed by atoms with E-state index in [1.807, 2.05) is 0 Å². The van der Waals surface area contributed by atoms with Gasteiger partial charge in [-0.05, 0) is 45.3 Å². The Morgan fingerprint density at radius 3 is 2.87 bits per heavy atom. The molecule has 0 aliphatic carbocycles. The maximum absolute atomic E-state index is 3.28. The van der Waals surface area contributed by atoms with Crippen molar-refractivity contribution >= 4 is 0 Å². The van der Waals surface area contributed by atoms with Crippen molar-refractivity contribution in [2.24, 2.45) is 5.92 Å². The normalized spacial score (nSPS) is 25.4. The summed E-state index contributed by atoms with van der Waals surface area (Å²) in [6, 6.07) is 0.847. The van der Waals surface area contributed by atoms with Crippen LogP contribution in [-0.2, 0) is 0 Å². The highest BCUT2D eigenvalue weighted by Gasteiger charge is 2.22. The van der Waals surface area contributed by atoms with Gasteiger partial charge < -0.3 is 10.2 Å². The Hall–Kier alpha value is -0.0800. The molecular weight excluding hydrogens is 184 g/mol. The van der Waals surface area contributed by atoms with Crippen LogP contribution >= 0.6 is 0 Å². The third-order valence-electron chi connectivity index (χ3n) is 3.72. The predicted octanol–water partition coefficient (Wildman–Crippen LogP) is 2.50. The molecule has 1 heterocycles. The molecule has 15 heavy (non-hydrogen) atoms. The van der Waals surface area contributed by atoms with Crippen LogP contribution in [0.25, 0.3) is 0 Å². The van der Waals surface area contributed by atoms with Crippen LogP contribution in [0, 0.1) is 5.92 Å². The lowest BCUT2D eigenvalue weighted by Gasteiger charge is -2.37. The molecule has 0 aromatic rings. The Morgan fingerprint density at radius 2 is 2.20 bits per heavy atom. The first-order chi connectivity index (χ1) is 7.27. The van der Waals surface area contributed by atoms with Gasteiger partial charge >= 0.3 is 0 Å². The van der Waals surface area contributed by atoms with E-state index in [2.05, 4.69) is 31.1 Å². The number of nitrogens with zero attached hydrogens (tertiary/aromatic N) is 1. The maximum atomic E-state index is 3.28. The second-order valence-electron chi connectivity index (χ2n) is 5.05. The van der Waals surface area contributed by atoms with E-state index >= 15 is 0 Å². The fraction of sp³-hybridized carbons (Fsp3) is 1.00. The highest BCUT2D eigenvalue weighted by molar-refractivity contribution is 4.78. The predicted molar refractivity (Wildman–Crippen MR) is 67.2 cm³/mol. The summed E-state index contributed by atoms with van der Waals surface area (Å²) in [6.45, 7) is 8.49. The second kappa shape index (κ2) is 7.24. The molecule has 0 amide bonds. The van der Waals surface area contributed by atoms with Gasteiger partial charge in [0.25, 0.3) is 0 Å². The van der Waals surface area contributed by atoms with Crippen LogP contribution in [0.1, 0.15) is 46.0 Å². The van der Waals surface area contributed by atoms with Gasteiger partial charge in [0, 0.05) is 12.6 Å². The summed E-state index contributed by atoms with van der Waals surface area (Å²) in [4.78, 5) is 2.73. The van der Waals surface area contributed by atoms with Crippen molar-refractivity contribution in [2.45, 2.75) is 52.0 Å². The largest absolute Gasteiger partial charge is 0.320 e. The molecule has 1 aliphatic heterocycles.